The summed E-state index contributed by atoms with van der Waals surface area (Å²) in [5.74, 6) is 0.0861. The molecule has 1 aliphatic heterocycles. The number of aromatic nitrogens is 3. The summed E-state index contributed by atoms with van der Waals surface area (Å²) in [6, 6.07) is 7.65. The molecule has 0 N–H and O–H groups in total. The van der Waals surface area contributed by atoms with Crippen molar-refractivity contribution in [2.45, 2.75) is 33.1 Å². The number of aryl methyl sites for hydroxylation is 2. The van der Waals surface area contributed by atoms with Crippen LogP contribution in [0.2, 0.25) is 0 Å². The van der Waals surface area contributed by atoms with Gasteiger partial charge in [0, 0.05) is 43.1 Å². The second-order valence-electron chi connectivity index (χ2n) is 8.32. The Balaban J connectivity index is 1.54. The van der Waals surface area contributed by atoms with Crippen molar-refractivity contribution in [3.63, 3.8) is 0 Å². The maximum Gasteiger partial charge on any atom is 0.165 e. The predicted molar refractivity (Wildman–Crippen MR) is 114 cm³/mol. The molecule has 0 radical (unpaired) electrons. The lowest BCUT2D eigenvalue weighted by Gasteiger charge is -2.37. The zero-order valence-electron chi connectivity index (χ0n) is 17.4. The molecule has 0 bridgehead atoms. The molecule has 0 unspecified atom stereocenters. The SMILES string of the molecule is C[C@@H]1C[C@H](C)CN(c2ccncc2CCc2ccnc(-c3c(F)cccc3F)n2)C1. The molecule has 0 aliphatic carbocycles. The third-order valence-electron chi connectivity index (χ3n) is 5.64. The van der Waals surface area contributed by atoms with Crippen molar-refractivity contribution in [3.8, 4) is 11.4 Å². The first-order valence-electron chi connectivity index (χ1n) is 10.5. The molecule has 0 amide bonds. The van der Waals surface area contributed by atoms with Crippen LogP contribution in [0, 0.1) is 23.5 Å². The second kappa shape index (κ2) is 8.86. The Morgan fingerprint density at radius 3 is 2.43 bits per heavy atom. The number of pyridine rings is 1. The molecule has 2 atom stereocenters. The highest BCUT2D eigenvalue weighted by molar-refractivity contribution is 5.57. The van der Waals surface area contributed by atoms with Crippen LogP contribution >= 0.6 is 0 Å². The van der Waals surface area contributed by atoms with Crippen molar-refractivity contribution in [2.75, 3.05) is 18.0 Å². The molecule has 6 heteroatoms. The van der Waals surface area contributed by atoms with Crippen LogP contribution in [0.3, 0.4) is 0 Å². The van der Waals surface area contributed by atoms with E-state index in [0.717, 1.165) is 30.8 Å². The third kappa shape index (κ3) is 4.48. The molecule has 1 aromatic carbocycles. The fourth-order valence-corrected chi connectivity index (χ4v) is 4.41. The third-order valence-corrected chi connectivity index (χ3v) is 5.64. The number of nitrogens with zero attached hydrogens (tertiary/aromatic N) is 4. The van der Waals surface area contributed by atoms with Crippen molar-refractivity contribution < 1.29 is 8.78 Å². The zero-order valence-corrected chi connectivity index (χ0v) is 17.4. The quantitative estimate of drug-likeness (QED) is 0.590. The molecule has 1 saturated heterocycles. The smallest absolute Gasteiger partial charge is 0.165 e. The lowest BCUT2D eigenvalue weighted by atomic mass is 9.91. The average molecular weight is 408 g/mol. The summed E-state index contributed by atoms with van der Waals surface area (Å²) in [6.07, 6.45) is 7.96. The second-order valence-corrected chi connectivity index (χ2v) is 8.32. The van der Waals surface area contributed by atoms with Gasteiger partial charge in [-0.1, -0.05) is 19.9 Å². The van der Waals surface area contributed by atoms with Gasteiger partial charge in [0.2, 0.25) is 0 Å². The maximum absolute atomic E-state index is 14.1. The molecule has 156 valence electrons. The van der Waals surface area contributed by atoms with E-state index in [2.05, 4.69) is 39.8 Å². The Kier molecular flexibility index (Phi) is 6.02. The minimum absolute atomic E-state index is 0.0770. The van der Waals surface area contributed by atoms with Gasteiger partial charge in [0.1, 0.15) is 11.6 Å². The van der Waals surface area contributed by atoms with Gasteiger partial charge in [-0.25, -0.2) is 18.7 Å². The van der Waals surface area contributed by atoms with Crippen molar-refractivity contribution in [1.82, 2.24) is 15.0 Å². The number of halogens is 2. The number of benzene rings is 1. The van der Waals surface area contributed by atoms with E-state index in [1.807, 2.05) is 12.4 Å². The first-order valence-corrected chi connectivity index (χ1v) is 10.5. The topological polar surface area (TPSA) is 41.9 Å². The minimum Gasteiger partial charge on any atom is -0.371 e. The van der Waals surface area contributed by atoms with Crippen molar-refractivity contribution in [1.29, 1.82) is 0 Å². The van der Waals surface area contributed by atoms with Crippen molar-refractivity contribution >= 4 is 5.69 Å². The Morgan fingerprint density at radius 2 is 1.70 bits per heavy atom. The number of rotatable bonds is 5. The summed E-state index contributed by atoms with van der Waals surface area (Å²) in [4.78, 5) is 15.3. The molecule has 0 saturated carbocycles. The highest BCUT2D eigenvalue weighted by Crippen LogP contribution is 2.29. The molecular weight excluding hydrogens is 382 g/mol. The molecule has 1 aliphatic rings. The predicted octanol–water partition coefficient (Wildman–Crippen LogP) is 5.08. The van der Waals surface area contributed by atoms with Gasteiger partial charge >= 0.3 is 0 Å². The van der Waals surface area contributed by atoms with Crippen LogP contribution in [0.5, 0.6) is 0 Å². The first-order chi connectivity index (χ1) is 14.5. The summed E-state index contributed by atoms with van der Waals surface area (Å²) in [5, 5.41) is 0. The van der Waals surface area contributed by atoms with E-state index in [1.54, 1.807) is 12.3 Å². The zero-order chi connectivity index (χ0) is 21.1. The molecule has 4 rings (SSSR count). The number of piperidine rings is 1. The first kappa shape index (κ1) is 20.4. The fourth-order valence-electron chi connectivity index (χ4n) is 4.41. The van der Waals surface area contributed by atoms with Crippen LogP contribution in [-0.2, 0) is 12.8 Å². The van der Waals surface area contributed by atoms with E-state index in [4.69, 9.17) is 0 Å². The average Bonchev–Trinajstić information content (AvgIpc) is 2.72. The molecule has 30 heavy (non-hydrogen) atoms. The van der Waals surface area contributed by atoms with Gasteiger partial charge in [-0.2, -0.15) is 0 Å². The largest absolute Gasteiger partial charge is 0.371 e. The standard InChI is InChI=1S/C24H26F2N4/c1-16-12-17(2)15-30(14-16)22-9-10-27-13-18(22)6-7-19-8-11-28-24(29-19)23-20(25)4-3-5-21(23)26/h3-5,8-11,13,16-17H,6-7,12,14-15H2,1-2H3/t16-,17+. The number of hydrogen-bond acceptors (Lipinski definition) is 4. The van der Waals surface area contributed by atoms with E-state index >= 15 is 0 Å². The molecule has 1 fully saturated rings. The summed E-state index contributed by atoms with van der Waals surface area (Å²) in [5.41, 5.74) is 2.95. The lowest BCUT2D eigenvalue weighted by Crippen LogP contribution is -2.39. The molecule has 0 spiro atoms. The minimum atomic E-state index is -0.657. The molecule has 3 aromatic rings. The maximum atomic E-state index is 14.1. The summed E-state index contributed by atoms with van der Waals surface area (Å²) < 4.78 is 28.2. The van der Waals surface area contributed by atoms with Crippen LogP contribution in [0.25, 0.3) is 11.4 Å². The highest BCUT2D eigenvalue weighted by atomic mass is 19.1. The van der Waals surface area contributed by atoms with E-state index in [1.165, 1.54) is 30.3 Å². The van der Waals surface area contributed by atoms with Gasteiger partial charge in [0.25, 0.3) is 0 Å². The molecule has 3 heterocycles. The van der Waals surface area contributed by atoms with Crippen LogP contribution in [0.15, 0.2) is 48.9 Å². The summed E-state index contributed by atoms with van der Waals surface area (Å²) >= 11 is 0. The van der Waals surface area contributed by atoms with Crippen LogP contribution in [0.4, 0.5) is 14.5 Å². The Morgan fingerprint density at radius 1 is 0.967 bits per heavy atom. The molecular formula is C24H26F2N4. The fraction of sp³-hybridized carbons (Fsp3) is 0.375. The van der Waals surface area contributed by atoms with Crippen LogP contribution in [-0.4, -0.2) is 28.0 Å². The van der Waals surface area contributed by atoms with Gasteiger partial charge in [-0.15, -0.1) is 0 Å². The monoisotopic (exact) mass is 408 g/mol. The Hall–Kier alpha value is -2.89. The van der Waals surface area contributed by atoms with Crippen LogP contribution in [0.1, 0.15) is 31.5 Å². The highest BCUT2D eigenvalue weighted by Gasteiger charge is 2.23. The van der Waals surface area contributed by atoms with Gasteiger partial charge in [0.15, 0.2) is 5.82 Å². The number of hydrogen-bond donors (Lipinski definition) is 0. The van der Waals surface area contributed by atoms with Gasteiger partial charge < -0.3 is 4.90 Å². The number of anilines is 1. The van der Waals surface area contributed by atoms with Crippen molar-refractivity contribution in [2.24, 2.45) is 11.8 Å². The molecule has 4 nitrogen and oxygen atoms in total. The summed E-state index contributed by atoms with van der Waals surface area (Å²) in [7, 11) is 0. The van der Waals surface area contributed by atoms with E-state index in [0.29, 0.717) is 18.3 Å². The summed E-state index contributed by atoms with van der Waals surface area (Å²) in [6.45, 7) is 6.69. The molecule has 2 aromatic heterocycles. The van der Waals surface area contributed by atoms with Crippen molar-refractivity contribution in [3.05, 3.63) is 71.8 Å². The lowest BCUT2D eigenvalue weighted by molar-refractivity contribution is 0.356. The van der Waals surface area contributed by atoms with Gasteiger partial charge in [0.05, 0.1) is 5.56 Å². The van der Waals surface area contributed by atoms with Gasteiger partial charge in [-0.05, 0) is 60.9 Å². The van der Waals surface area contributed by atoms with E-state index in [9.17, 15) is 8.78 Å². The normalized spacial score (nSPS) is 19.1. The van der Waals surface area contributed by atoms with E-state index in [-0.39, 0.29) is 11.4 Å². The van der Waals surface area contributed by atoms with E-state index < -0.39 is 11.6 Å². The van der Waals surface area contributed by atoms with Gasteiger partial charge in [-0.3, -0.25) is 4.98 Å². The Labute approximate surface area is 176 Å². The Bertz CT molecular complexity index is 993. The van der Waals surface area contributed by atoms with Crippen LogP contribution < -0.4 is 4.90 Å².